The Morgan fingerprint density at radius 3 is 2.24 bits per heavy atom. The molecule has 0 aromatic heterocycles. The second-order valence-corrected chi connectivity index (χ2v) is 4.91. The van der Waals surface area contributed by atoms with Crippen LogP contribution in [-0.2, 0) is 4.79 Å². The molecule has 0 unspecified atom stereocenters. The van der Waals surface area contributed by atoms with Gasteiger partial charge in [-0.2, -0.15) is 0 Å². The predicted octanol–water partition coefficient (Wildman–Crippen LogP) is 1.78. The third-order valence-corrected chi connectivity index (χ3v) is 3.46. The Bertz CT molecular complexity index is 517. The lowest BCUT2D eigenvalue weighted by molar-refractivity contribution is -0.137. The highest BCUT2D eigenvalue weighted by Crippen LogP contribution is 2.34. The van der Waals surface area contributed by atoms with E-state index in [0.717, 1.165) is 12.8 Å². The second-order valence-electron chi connectivity index (χ2n) is 4.91. The van der Waals surface area contributed by atoms with Crippen LogP contribution in [-0.4, -0.2) is 48.7 Å². The first-order valence-corrected chi connectivity index (χ1v) is 6.82. The maximum atomic E-state index is 12.8. The van der Waals surface area contributed by atoms with Crippen molar-refractivity contribution in [1.29, 1.82) is 0 Å². The number of hydrogen-bond donors (Lipinski definition) is 1. The van der Waals surface area contributed by atoms with Crippen molar-refractivity contribution < 1.29 is 24.2 Å². The lowest BCUT2D eigenvalue weighted by atomic mass is 10.1. The molecule has 0 radical (unpaired) electrons. The molecule has 1 fully saturated rings. The molecule has 0 bridgehead atoms. The molecule has 1 amide bonds. The fraction of sp³-hybridized carbons (Fsp3) is 0.467. The predicted molar refractivity (Wildman–Crippen MR) is 75.9 cm³/mol. The summed E-state index contributed by atoms with van der Waals surface area (Å²) in [7, 11) is 2.98. The van der Waals surface area contributed by atoms with Crippen molar-refractivity contribution >= 4 is 11.9 Å². The van der Waals surface area contributed by atoms with Crippen LogP contribution in [0.25, 0.3) is 0 Å². The van der Waals surface area contributed by atoms with Gasteiger partial charge >= 0.3 is 5.97 Å². The Morgan fingerprint density at radius 2 is 1.81 bits per heavy atom. The van der Waals surface area contributed by atoms with E-state index < -0.39 is 5.97 Å². The minimum atomic E-state index is -0.916. The summed E-state index contributed by atoms with van der Waals surface area (Å²) in [6.07, 6.45) is 1.74. The molecule has 0 heterocycles. The summed E-state index contributed by atoms with van der Waals surface area (Å²) in [4.78, 5) is 25.1. The lowest BCUT2D eigenvalue weighted by Gasteiger charge is -2.23. The molecule has 0 spiro atoms. The maximum Gasteiger partial charge on any atom is 0.305 e. The Balaban J connectivity index is 2.29. The van der Waals surface area contributed by atoms with Gasteiger partial charge in [0.15, 0.2) is 0 Å². The largest absolute Gasteiger partial charge is 0.496 e. The summed E-state index contributed by atoms with van der Waals surface area (Å²) < 4.78 is 10.5. The van der Waals surface area contributed by atoms with Gasteiger partial charge in [-0.15, -0.1) is 0 Å². The van der Waals surface area contributed by atoms with Gasteiger partial charge < -0.3 is 19.5 Å². The van der Waals surface area contributed by atoms with Crippen molar-refractivity contribution in [3.8, 4) is 11.5 Å². The van der Waals surface area contributed by atoms with Gasteiger partial charge in [0.05, 0.1) is 20.6 Å². The van der Waals surface area contributed by atoms with Gasteiger partial charge in [-0.1, -0.05) is 6.07 Å². The van der Waals surface area contributed by atoms with E-state index in [9.17, 15) is 9.59 Å². The first-order chi connectivity index (χ1) is 10.1. The van der Waals surface area contributed by atoms with E-state index in [0.29, 0.717) is 17.1 Å². The monoisotopic (exact) mass is 293 g/mol. The van der Waals surface area contributed by atoms with Gasteiger partial charge in [0.25, 0.3) is 5.91 Å². The number of amides is 1. The van der Waals surface area contributed by atoms with E-state index in [4.69, 9.17) is 14.6 Å². The maximum absolute atomic E-state index is 12.8. The molecular formula is C15H19NO5. The van der Waals surface area contributed by atoms with Gasteiger partial charge in [0.2, 0.25) is 0 Å². The summed E-state index contributed by atoms with van der Waals surface area (Å²) in [6, 6.07) is 5.25. The van der Waals surface area contributed by atoms with Crippen molar-refractivity contribution in [3.05, 3.63) is 23.8 Å². The molecule has 1 N–H and O–H groups in total. The van der Waals surface area contributed by atoms with Crippen LogP contribution in [0.1, 0.15) is 29.6 Å². The molecule has 0 saturated heterocycles. The molecule has 114 valence electrons. The highest BCUT2D eigenvalue weighted by molar-refractivity contribution is 6.00. The molecule has 1 aromatic carbocycles. The van der Waals surface area contributed by atoms with Gasteiger partial charge in [0, 0.05) is 12.6 Å². The highest BCUT2D eigenvalue weighted by Gasteiger charge is 2.35. The summed E-state index contributed by atoms with van der Waals surface area (Å²) >= 11 is 0. The molecule has 1 aliphatic rings. The first kappa shape index (κ1) is 15.2. The third-order valence-electron chi connectivity index (χ3n) is 3.46. The zero-order valence-electron chi connectivity index (χ0n) is 12.2. The number of carboxylic acid groups (broad SMARTS) is 1. The van der Waals surface area contributed by atoms with Crippen LogP contribution >= 0.6 is 0 Å². The minimum absolute atomic E-state index is 0.0697. The van der Waals surface area contributed by atoms with Crippen molar-refractivity contribution in [2.24, 2.45) is 0 Å². The molecule has 1 saturated carbocycles. The van der Waals surface area contributed by atoms with Crippen LogP contribution in [0.3, 0.4) is 0 Å². The Kier molecular flexibility index (Phi) is 4.67. The molecule has 0 atom stereocenters. The number of methoxy groups -OCH3 is 2. The van der Waals surface area contributed by atoms with E-state index >= 15 is 0 Å². The summed E-state index contributed by atoms with van der Waals surface area (Å²) in [6.45, 7) is 0.194. The van der Waals surface area contributed by atoms with Gasteiger partial charge in [-0.05, 0) is 25.0 Å². The van der Waals surface area contributed by atoms with Crippen molar-refractivity contribution in [3.63, 3.8) is 0 Å². The lowest BCUT2D eigenvalue weighted by Crippen LogP contribution is -2.35. The van der Waals surface area contributed by atoms with Crippen molar-refractivity contribution in [1.82, 2.24) is 4.90 Å². The van der Waals surface area contributed by atoms with Crippen LogP contribution in [0.15, 0.2) is 18.2 Å². The SMILES string of the molecule is COc1cccc(OC)c1C(=O)N(CCC(=O)O)C1CC1. The normalized spacial score (nSPS) is 13.6. The second kappa shape index (κ2) is 6.47. The van der Waals surface area contributed by atoms with Crippen LogP contribution in [0.2, 0.25) is 0 Å². The van der Waals surface area contributed by atoms with Crippen molar-refractivity contribution in [2.75, 3.05) is 20.8 Å². The fourth-order valence-electron chi connectivity index (χ4n) is 2.26. The van der Waals surface area contributed by atoms with Crippen LogP contribution in [0, 0.1) is 0 Å². The number of rotatable bonds is 7. The number of ether oxygens (including phenoxy) is 2. The van der Waals surface area contributed by atoms with E-state index in [2.05, 4.69) is 0 Å². The quantitative estimate of drug-likeness (QED) is 0.829. The molecular weight excluding hydrogens is 274 g/mol. The zero-order valence-corrected chi connectivity index (χ0v) is 12.2. The van der Waals surface area contributed by atoms with E-state index in [1.54, 1.807) is 23.1 Å². The van der Waals surface area contributed by atoms with Crippen LogP contribution in [0.5, 0.6) is 11.5 Å². The van der Waals surface area contributed by atoms with Gasteiger partial charge in [-0.25, -0.2) is 0 Å². The van der Waals surface area contributed by atoms with E-state index in [-0.39, 0.29) is 24.9 Å². The first-order valence-electron chi connectivity index (χ1n) is 6.82. The molecule has 6 heteroatoms. The smallest absolute Gasteiger partial charge is 0.305 e. The molecule has 1 aliphatic carbocycles. The zero-order chi connectivity index (χ0) is 15.4. The Hall–Kier alpha value is -2.24. The van der Waals surface area contributed by atoms with Gasteiger partial charge in [0.1, 0.15) is 17.1 Å². The number of nitrogens with zero attached hydrogens (tertiary/aromatic N) is 1. The highest BCUT2D eigenvalue weighted by atomic mass is 16.5. The molecule has 21 heavy (non-hydrogen) atoms. The number of carboxylic acids is 1. The average Bonchev–Trinajstić information content (AvgIpc) is 3.30. The average molecular weight is 293 g/mol. The number of carbonyl (C=O) groups is 2. The van der Waals surface area contributed by atoms with Gasteiger partial charge in [-0.3, -0.25) is 9.59 Å². The summed E-state index contributed by atoms with van der Waals surface area (Å²) in [5, 5.41) is 8.83. The molecule has 6 nitrogen and oxygen atoms in total. The Morgan fingerprint density at radius 1 is 1.24 bits per heavy atom. The topological polar surface area (TPSA) is 76.1 Å². The van der Waals surface area contributed by atoms with E-state index in [1.165, 1.54) is 14.2 Å². The summed E-state index contributed by atoms with van der Waals surface area (Å²) in [5.41, 5.74) is 0.347. The number of carbonyl (C=O) groups excluding carboxylic acids is 1. The fourth-order valence-corrected chi connectivity index (χ4v) is 2.26. The number of aliphatic carboxylic acids is 1. The standard InChI is InChI=1S/C15H19NO5/c1-20-11-4-3-5-12(21-2)14(11)15(19)16(10-6-7-10)9-8-13(17)18/h3-5,10H,6-9H2,1-2H3,(H,17,18). The van der Waals surface area contributed by atoms with Crippen LogP contribution in [0.4, 0.5) is 0 Å². The third kappa shape index (κ3) is 3.45. The van der Waals surface area contributed by atoms with Crippen LogP contribution < -0.4 is 9.47 Å². The summed E-state index contributed by atoms with van der Waals surface area (Å²) in [5.74, 6) is -0.297. The number of hydrogen-bond acceptors (Lipinski definition) is 4. The minimum Gasteiger partial charge on any atom is -0.496 e. The molecule has 1 aromatic rings. The number of benzene rings is 1. The van der Waals surface area contributed by atoms with Crippen molar-refractivity contribution in [2.45, 2.75) is 25.3 Å². The molecule has 2 rings (SSSR count). The van der Waals surface area contributed by atoms with E-state index in [1.807, 2.05) is 0 Å². The molecule has 0 aliphatic heterocycles. The Labute approximate surface area is 123 Å².